The van der Waals surface area contributed by atoms with E-state index in [2.05, 4.69) is 6.92 Å². The molecular formula is C17H19ClO2. The van der Waals surface area contributed by atoms with Crippen LogP contribution in [0.3, 0.4) is 0 Å². The first-order valence-corrected chi connectivity index (χ1v) is 7.11. The molecule has 0 spiro atoms. The number of ether oxygens (including phenoxy) is 1. The fourth-order valence-electron chi connectivity index (χ4n) is 2.49. The molecule has 0 aromatic heterocycles. The van der Waals surface area contributed by atoms with Crippen LogP contribution in [-0.4, -0.2) is 12.2 Å². The van der Waals surface area contributed by atoms with Crippen LogP contribution in [0.2, 0.25) is 5.02 Å². The Morgan fingerprint density at radius 1 is 1.15 bits per heavy atom. The third-order valence-corrected chi connectivity index (χ3v) is 3.79. The number of aliphatic hydroxyl groups is 1. The molecule has 0 amide bonds. The second kappa shape index (κ2) is 6.78. The number of halogens is 1. The van der Waals surface area contributed by atoms with Crippen molar-refractivity contribution < 1.29 is 9.84 Å². The second-order valence-electron chi connectivity index (χ2n) is 4.76. The van der Waals surface area contributed by atoms with E-state index in [1.54, 1.807) is 25.3 Å². The Morgan fingerprint density at radius 3 is 2.45 bits per heavy atom. The predicted octanol–water partition coefficient (Wildman–Crippen LogP) is 4.58. The molecule has 0 fully saturated rings. The summed E-state index contributed by atoms with van der Waals surface area (Å²) in [6.07, 6.45) is 0.192. The van der Waals surface area contributed by atoms with Crippen molar-refractivity contribution in [3.05, 3.63) is 64.7 Å². The zero-order valence-electron chi connectivity index (χ0n) is 11.7. The van der Waals surface area contributed by atoms with Crippen molar-refractivity contribution in [2.24, 2.45) is 0 Å². The van der Waals surface area contributed by atoms with Crippen LogP contribution < -0.4 is 4.74 Å². The maximum absolute atomic E-state index is 10.7. The van der Waals surface area contributed by atoms with Crippen molar-refractivity contribution in [3.63, 3.8) is 0 Å². The van der Waals surface area contributed by atoms with Gasteiger partial charge in [-0.15, -0.1) is 0 Å². The Hall–Kier alpha value is -1.51. The van der Waals surface area contributed by atoms with Crippen molar-refractivity contribution >= 4 is 11.6 Å². The highest BCUT2D eigenvalue weighted by Crippen LogP contribution is 2.38. The summed E-state index contributed by atoms with van der Waals surface area (Å²) >= 11 is 6.05. The Kier molecular flexibility index (Phi) is 5.05. The average molecular weight is 291 g/mol. The molecule has 0 aliphatic carbocycles. The number of benzene rings is 2. The summed E-state index contributed by atoms with van der Waals surface area (Å²) in [7, 11) is 1.60. The highest BCUT2D eigenvalue weighted by atomic mass is 35.5. The first kappa shape index (κ1) is 14.9. The van der Waals surface area contributed by atoms with Crippen LogP contribution in [0.5, 0.6) is 5.75 Å². The monoisotopic (exact) mass is 290 g/mol. The molecule has 2 unspecified atom stereocenters. The number of hydrogen-bond acceptors (Lipinski definition) is 2. The van der Waals surface area contributed by atoms with E-state index >= 15 is 0 Å². The van der Waals surface area contributed by atoms with Gasteiger partial charge < -0.3 is 9.84 Å². The molecule has 0 heterocycles. The van der Waals surface area contributed by atoms with Crippen molar-refractivity contribution in [1.29, 1.82) is 0 Å². The average Bonchev–Trinajstić information content (AvgIpc) is 2.49. The van der Waals surface area contributed by atoms with E-state index in [0.717, 1.165) is 17.5 Å². The maximum Gasteiger partial charge on any atom is 0.124 e. The quantitative estimate of drug-likeness (QED) is 0.873. The molecule has 2 aromatic rings. The normalized spacial score (nSPS) is 13.8. The van der Waals surface area contributed by atoms with Gasteiger partial charge in [0.15, 0.2) is 0 Å². The van der Waals surface area contributed by atoms with Gasteiger partial charge in [0.1, 0.15) is 5.75 Å². The molecular weight excluding hydrogens is 272 g/mol. The van der Waals surface area contributed by atoms with Crippen molar-refractivity contribution in [2.75, 3.05) is 7.11 Å². The van der Waals surface area contributed by atoms with Gasteiger partial charge in [-0.05, 0) is 30.2 Å². The van der Waals surface area contributed by atoms with Crippen molar-refractivity contribution in [2.45, 2.75) is 25.4 Å². The standard InChI is InChI=1S/C17H19ClO2/c1-3-14(12-7-5-4-6-8-12)17(19)15-11-13(18)9-10-16(15)20-2/h4-11,14,17,19H,3H2,1-2H3. The van der Waals surface area contributed by atoms with Crippen LogP contribution in [0.15, 0.2) is 48.5 Å². The fraction of sp³-hybridized carbons (Fsp3) is 0.294. The van der Waals surface area contributed by atoms with Crippen molar-refractivity contribution in [1.82, 2.24) is 0 Å². The molecule has 3 heteroatoms. The first-order valence-electron chi connectivity index (χ1n) is 6.73. The smallest absolute Gasteiger partial charge is 0.124 e. The van der Waals surface area contributed by atoms with Crippen LogP contribution >= 0.6 is 11.6 Å². The van der Waals surface area contributed by atoms with Crippen molar-refractivity contribution in [3.8, 4) is 5.75 Å². The van der Waals surface area contributed by atoms with Gasteiger partial charge in [0.25, 0.3) is 0 Å². The summed E-state index contributed by atoms with van der Waals surface area (Å²) in [6.45, 7) is 2.07. The summed E-state index contributed by atoms with van der Waals surface area (Å²) < 4.78 is 5.33. The van der Waals surface area contributed by atoms with Gasteiger partial charge in [0.2, 0.25) is 0 Å². The molecule has 0 radical (unpaired) electrons. The van der Waals surface area contributed by atoms with Crippen LogP contribution in [0.1, 0.15) is 36.5 Å². The van der Waals surface area contributed by atoms with E-state index in [4.69, 9.17) is 16.3 Å². The summed E-state index contributed by atoms with van der Waals surface area (Å²) in [6, 6.07) is 15.3. The van der Waals surface area contributed by atoms with Crippen LogP contribution in [0.25, 0.3) is 0 Å². The lowest BCUT2D eigenvalue weighted by Crippen LogP contribution is -2.11. The molecule has 0 aliphatic heterocycles. The molecule has 2 atom stereocenters. The summed E-state index contributed by atoms with van der Waals surface area (Å²) in [4.78, 5) is 0. The fourth-order valence-corrected chi connectivity index (χ4v) is 2.68. The molecule has 0 aliphatic rings. The number of hydrogen-bond donors (Lipinski definition) is 1. The molecule has 2 nitrogen and oxygen atoms in total. The second-order valence-corrected chi connectivity index (χ2v) is 5.19. The highest BCUT2D eigenvalue weighted by Gasteiger charge is 2.24. The molecule has 106 valence electrons. The largest absolute Gasteiger partial charge is 0.496 e. The van der Waals surface area contributed by atoms with E-state index in [9.17, 15) is 5.11 Å². The molecule has 2 rings (SSSR count). The molecule has 0 bridgehead atoms. The first-order chi connectivity index (χ1) is 9.67. The lowest BCUT2D eigenvalue weighted by molar-refractivity contribution is 0.139. The van der Waals surface area contributed by atoms with E-state index in [0.29, 0.717) is 10.8 Å². The van der Waals surface area contributed by atoms with Crippen LogP contribution in [0, 0.1) is 0 Å². The van der Waals surface area contributed by atoms with Crippen LogP contribution in [0.4, 0.5) is 0 Å². The minimum absolute atomic E-state index is 0.0172. The van der Waals surface area contributed by atoms with Gasteiger partial charge >= 0.3 is 0 Å². The van der Waals surface area contributed by atoms with Gasteiger partial charge in [-0.2, -0.15) is 0 Å². The Morgan fingerprint density at radius 2 is 1.85 bits per heavy atom. The predicted molar refractivity (Wildman–Crippen MR) is 82.4 cm³/mol. The Bertz CT molecular complexity index is 554. The zero-order chi connectivity index (χ0) is 14.5. The number of rotatable bonds is 5. The van der Waals surface area contributed by atoms with E-state index < -0.39 is 6.10 Å². The minimum Gasteiger partial charge on any atom is -0.496 e. The highest BCUT2D eigenvalue weighted by molar-refractivity contribution is 6.30. The lowest BCUT2D eigenvalue weighted by atomic mass is 9.87. The van der Waals surface area contributed by atoms with Gasteiger partial charge in [-0.25, -0.2) is 0 Å². The number of methoxy groups -OCH3 is 1. The van der Waals surface area contributed by atoms with Crippen LogP contribution in [-0.2, 0) is 0 Å². The lowest BCUT2D eigenvalue weighted by Gasteiger charge is -2.24. The Labute approximate surface area is 125 Å². The summed E-state index contributed by atoms with van der Waals surface area (Å²) in [5.41, 5.74) is 1.85. The molecule has 0 saturated carbocycles. The van der Waals surface area contributed by atoms with Gasteiger partial charge in [0.05, 0.1) is 13.2 Å². The van der Waals surface area contributed by atoms with Gasteiger partial charge in [-0.3, -0.25) is 0 Å². The molecule has 0 saturated heterocycles. The van der Waals surface area contributed by atoms with E-state index in [1.807, 2.05) is 30.3 Å². The summed E-state index contributed by atoms with van der Waals surface area (Å²) in [5.74, 6) is 0.680. The third-order valence-electron chi connectivity index (χ3n) is 3.56. The SMILES string of the molecule is CCC(c1ccccc1)C(O)c1cc(Cl)ccc1OC. The molecule has 1 N–H and O–H groups in total. The molecule has 2 aromatic carbocycles. The topological polar surface area (TPSA) is 29.5 Å². The molecule has 20 heavy (non-hydrogen) atoms. The van der Waals surface area contributed by atoms with Gasteiger partial charge in [-0.1, -0.05) is 48.9 Å². The minimum atomic E-state index is -0.643. The Balaban J connectivity index is 2.38. The van der Waals surface area contributed by atoms with E-state index in [-0.39, 0.29) is 5.92 Å². The zero-order valence-corrected chi connectivity index (χ0v) is 12.5. The number of aliphatic hydroxyl groups excluding tert-OH is 1. The van der Waals surface area contributed by atoms with E-state index in [1.165, 1.54) is 0 Å². The summed E-state index contributed by atoms with van der Waals surface area (Å²) in [5, 5.41) is 11.3. The van der Waals surface area contributed by atoms with Gasteiger partial charge in [0, 0.05) is 16.5 Å². The third kappa shape index (κ3) is 3.14. The maximum atomic E-state index is 10.7.